The van der Waals surface area contributed by atoms with Crippen LogP contribution in [0.25, 0.3) is 10.9 Å². The molecule has 2 heterocycles. The zero-order valence-corrected chi connectivity index (χ0v) is 16.7. The molecule has 0 saturated carbocycles. The van der Waals surface area contributed by atoms with Gasteiger partial charge in [0.05, 0.1) is 0 Å². The van der Waals surface area contributed by atoms with E-state index in [4.69, 9.17) is 4.74 Å². The number of nitrogens with one attached hydrogen (secondary N) is 2. The van der Waals surface area contributed by atoms with Gasteiger partial charge in [0.1, 0.15) is 11.6 Å². The molecule has 1 saturated heterocycles. The minimum Gasteiger partial charge on any atom is -0.445 e. The summed E-state index contributed by atoms with van der Waals surface area (Å²) >= 11 is 0. The van der Waals surface area contributed by atoms with Crippen LogP contribution in [0, 0.1) is 11.6 Å². The Morgan fingerprint density at radius 1 is 1.26 bits per heavy atom. The monoisotopic (exact) mass is 429 g/mol. The second-order valence-corrected chi connectivity index (χ2v) is 7.50. The summed E-state index contributed by atoms with van der Waals surface area (Å²) in [5.74, 6) is -2.83. The highest BCUT2D eigenvalue weighted by Crippen LogP contribution is 2.34. The lowest BCUT2D eigenvalue weighted by atomic mass is 9.99. The number of aliphatic hydroxyl groups excluding tert-OH is 1. The maximum atomic E-state index is 13.4. The van der Waals surface area contributed by atoms with Crippen molar-refractivity contribution in [1.82, 2.24) is 10.3 Å². The molecule has 3 N–H and O–H groups in total. The number of fused-ring (bicyclic) bond motifs is 1. The van der Waals surface area contributed by atoms with E-state index in [-0.39, 0.29) is 25.1 Å². The number of esters is 1. The van der Waals surface area contributed by atoms with E-state index in [0.717, 1.165) is 36.0 Å². The molecule has 3 aromatic rings. The number of H-pyrrole nitrogens is 1. The van der Waals surface area contributed by atoms with Crippen molar-refractivity contribution < 1.29 is 28.2 Å². The number of rotatable bonds is 6. The number of halogens is 2. The molecular formula is C22H21F2N3O4. The van der Waals surface area contributed by atoms with Gasteiger partial charge in [-0.2, -0.15) is 0 Å². The molecule has 1 unspecified atom stereocenters. The van der Waals surface area contributed by atoms with E-state index in [2.05, 4.69) is 10.3 Å². The van der Waals surface area contributed by atoms with Crippen LogP contribution in [0.2, 0.25) is 0 Å². The number of amides is 1. The predicted molar refractivity (Wildman–Crippen MR) is 109 cm³/mol. The average Bonchev–Trinajstić information content (AvgIpc) is 3.30. The number of ether oxygens (including phenoxy) is 1. The van der Waals surface area contributed by atoms with Crippen molar-refractivity contribution in [2.45, 2.75) is 31.7 Å². The molecule has 1 aliphatic heterocycles. The molecular weight excluding hydrogens is 408 g/mol. The molecule has 1 aromatic heterocycles. The smallest absolute Gasteiger partial charge is 0.303 e. The zero-order chi connectivity index (χ0) is 22.2. The summed E-state index contributed by atoms with van der Waals surface area (Å²) in [6, 6.07) is 10.2. The summed E-state index contributed by atoms with van der Waals surface area (Å²) in [5, 5.41) is 14.4. The van der Waals surface area contributed by atoms with E-state index >= 15 is 0 Å². The fraction of sp³-hybridized carbons (Fsp3) is 0.273. The van der Waals surface area contributed by atoms with Crippen LogP contribution in [0.3, 0.4) is 0 Å². The Labute approximate surface area is 176 Å². The Morgan fingerprint density at radius 3 is 2.71 bits per heavy atom. The second kappa shape index (κ2) is 8.09. The first-order valence-corrected chi connectivity index (χ1v) is 9.73. The lowest BCUT2D eigenvalue weighted by Crippen LogP contribution is -2.58. The van der Waals surface area contributed by atoms with Crippen molar-refractivity contribution >= 4 is 28.5 Å². The van der Waals surface area contributed by atoms with Gasteiger partial charge in [-0.25, -0.2) is 8.78 Å². The molecule has 1 aliphatic rings. The molecule has 0 spiro atoms. The third-order valence-corrected chi connectivity index (χ3v) is 5.35. The molecule has 1 amide bonds. The third-order valence-electron chi connectivity index (χ3n) is 5.35. The highest BCUT2D eigenvalue weighted by atomic mass is 19.1. The van der Waals surface area contributed by atoms with Crippen molar-refractivity contribution in [3.05, 3.63) is 65.9 Å². The Hall–Kier alpha value is -3.30. The lowest BCUT2D eigenvalue weighted by molar-refractivity contribution is -0.178. The van der Waals surface area contributed by atoms with Gasteiger partial charge in [-0.3, -0.25) is 14.9 Å². The molecule has 0 bridgehead atoms. The van der Waals surface area contributed by atoms with Crippen LogP contribution >= 0.6 is 0 Å². The lowest BCUT2D eigenvalue weighted by Gasteiger charge is -2.32. The number of aliphatic hydroxyl groups is 1. The van der Waals surface area contributed by atoms with E-state index in [1.807, 2.05) is 18.2 Å². The first-order valence-electron chi connectivity index (χ1n) is 9.73. The summed E-state index contributed by atoms with van der Waals surface area (Å²) in [6.07, 6.45) is 0.241. The molecule has 4 rings (SSSR count). The highest BCUT2D eigenvalue weighted by Gasteiger charge is 2.55. The van der Waals surface area contributed by atoms with Crippen molar-refractivity contribution in [2.24, 2.45) is 0 Å². The Kier molecular flexibility index (Phi) is 5.47. The van der Waals surface area contributed by atoms with Crippen LogP contribution in [-0.2, 0) is 20.9 Å². The molecule has 31 heavy (non-hydrogen) atoms. The van der Waals surface area contributed by atoms with Gasteiger partial charge >= 0.3 is 5.97 Å². The third kappa shape index (κ3) is 4.01. The number of aromatic nitrogens is 1. The van der Waals surface area contributed by atoms with E-state index in [0.29, 0.717) is 5.69 Å². The molecule has 0 radical (unpaired) electrons. The van der Waals surface area contributed by atoms with Crippen molar-refractivity contribution in [2.75, 3.05) is 11.4 Å². The van der Waals surface area contributed by atoms with Gasteiger partial charge in [-0.05, 0) is 42.0 Å². The molecule has 162 valence electrons. The van der Waals surface area contributed by atoms with E-state index < -0.39 is 35.3 Å². The second-order valence-electron chi connectivity index (χ2n) is 7.50. The van der Waals surface area contributed by atoms with Crippen molar-refractivity contribution in [3.8, 4) is 0 Å². The summed E-state index contributed by atoms with van der Waals surface area (Å²) < 4.78 is 32.2. The molecule has 2 atom stereocenters. The largest absolute Gasteiger partial charge is 0.445 e. The minimum absolute atomic E-state index is 0.0439. The normalized spacial score (nSPS) is 19.7. The van der Waals surface area contributed by atoms with Crippen molar-refractivity contribution in [3.63, 3.8) is 0 Å². The van der Waals surface area contributed by atoms with Gasteiger partial charge in [0.25, 0.3) is 5.91 Å². The summed E-state index contributed by atoms with van der Waals surface area (Å²) in [7, 11) is 0. The van der Waals surface area contributed by atoms with E-state index in [1.165, 1.54) is 4.90 Å². The van der Waals surface area contributed by atoms with Gasteiger partial charge < -0.3 is 19.7 Å². The number of hydrogen-bond acceptors (Lipinski definition) is 5. The first kappa shape index (κ1) is 21.0. The van der Waals surface area contributed by atoms with E-state index in [1.54, 1.807) is 12.3 Å². The van der Waals surface area contributed by atoms with Crippen LogP contribution in [-0.4, -0.2) is 40.3 Å². The van der Waals surface area contributed by atoms with Gasteiger partial charge in [-0.15, -0.1) is 0 Å². The van der Waals surface area contributed by atoms with Crippen LogP contribution in [0.1, 0.15) is 18.9 Å². The SMILES string of the molecule is CC(=O)O[C@]1(C(O)NCc2cc(F)cc(F)c2)CCN(c2ccc3[nH]ccc3c2)C1=O. The van der Waals surface area contributed by atoms with Gasteiger partial charge in [-0.1, -0.05) is 0 Å². The molecule has 0 aliphatic carbocycles. The number of benzene rings is 2. The standard InChI is InChI=1S/C22H21F2N3O4/c1-13(28)31-22(20(29)26-12-14-8-16(23)11-17(24)9-14)5-7-27(21(22)30)18-2-3-19-15(10-18)4-6-25-19/h2-4,6,8-11,20,25-26,29H,5,7,12H2,1H3/t20?,22-/m0/s1. The summed E-state index contributed by atoms with van der Waals surface area (Å²) in [4.78, 5) is 29.6. The Balaban J connectivity index is 1.57. The number of carbonyl (C=O) groups excluding carboxylic acids is 2. The average molecular weight is 429 g/mol. The predicted octanol–water partition coefficient (Wildman–Crippen LogP) is 2.59. The van der Waals surface area contributed by atoms with Crippen LogP contribution in [0.15, 0.2) is 48.7 Å². The summed E-state index contributed by atoms with van der Waals surface area (Å²) in [5.41, 5.74) is -0.115. The van der Waals surface area contributed by atoms with Crippen LogP contribution < -0.4 is 10.2 Å². The summed E-state index contributed by atoms with van der Waals surface area (Å²) in [6.45, 7) is 1.23. The van der Waals surface area contributed by atoms with Crippen LogP contribution in [0.5, 0.6) is 0 Å². The number of anilines is 1. The molecule has 1 fully saturated rings. The topological polar surface area (TPSA) is 94.7 Å². The maximum Gasteiger partial charge on any atom is 0.303 e. The minimum atomic E-state index is -1.86. The Morgan fingerprint density at radius 2 is 2.00 bits per heavy atom. The van der Waals surface area contributed by atoms with E-state index in [9.17, 15) is 23.5 Å². The number of carbonyl (C=O) groups is 2. The fourth-order valence-corrected chi connectivity index (χ4v) is 3.92. The first-order chi connectivity index (χ1) is 14.8. The zero-order valence-electron chi connectivity index (χ0n) is 16.7. The fourth-order valence-electron chi connectivity index (χ4n) is 3.92. The number of aromatic amines is 1. The van der Waals surface area contributed by atoms with Gasteiger partial charge in [0.2, 0.25) is 5.60 Å². The molecule has 7 nitrogen and oxygen atoms in total. The highest BCUT2D eigenvalue weighted by molar-refractivity contribution is 6.04. The van der Waals surface area contributed by atoms with Gasteiger partial charge in [0.15, 0.2) is 6.23 Å². The number of hydrogen-bond donors (Lipinski definition) is 3. The number of nitrogens with zero attached hydrogens (tertiary/aromatic N) is 1. The van der Waals surface area contributed by atoms with Crippen LogP contribution in [0.4, 0.5) is 14.5 Å². The molecule has 2 aromatic carbocycles. The quantitative estimate of drug-likeness (QED) is 0.414. The molecule has 9 heteroatoms. The Bertz CT molecular complexity index is 1130. The maximum absolute atomic E-state index is 13.4. The van der Waals surface area contributed by atoms with Gasteiger partial charge in [0, 0.05) is 55.3 Å². The van der Waals surface area contributed by atoms with Crippen molar-refractivity contribution in [1.29, 1.82) is 0 Å².